The van der Waals surface area contributed by atoms with Gasteiger partial charge in [0.25, 0.3) is 5.56 Å². The molecule has 104 valence electrons. The Kier molecular flexibility index (Phi) is 4.19. The van der Waals surface area contributed by atoms with Gasteiger partial charge in [-0.05, 0) is 12.3 Å². The zero-order valence-corrected chi connectivity index (χ0v) is 10.7. The van der Waals surface area contributed by atoms with Crippen LogP contribution in [0.1, 0.15) is 48.9 Å². The molecule has 1 aliphatic rings. The van der Waals surface area contributed by atoms with Crippen molar-refractivity contribution in [2.45, 2.75) is 45.1 Å². The van der Waals surface area contributed by atoms with Gasteiger partial charge in [0.2, 0.25) is 0 Å². The summed E-state index contributed by atoms with van der Waals surface area (Å²) in [6.45, 7) is 0.459. The third kappa shape index (κ3) is 3.33. The Morgan fingerprint density at radius 3 is 2.63 bits per heavy atom. The number of carboxylic acids is 1. The maximum Gasteiger partial charge on any atom is 0.342 e. The van der Waals surface area contributed by atoms with Gasteiger partial charge in [0.1, 0.15) is 5.56 Å². The van der Waals surface area contributed by atoms with Gasteiger partial charge in [-0.3, -0.25) is 14.3 Å². The van der Waals surface area contributed by atoms with Crippen LogP contribution in [-0.2, 0) is 6.54 Å². The Morgan fingerprint density at radius 2 is 2.00 bits per heavy atom. The normalized spacial score (nSPS) is 16.4. The Labute approximate surface area is 110 Å². The highest BCUT2D eigenvalue weighted by molar-refractivity contribution is 5.86. The summed E-state index contributed by atoms with van der Waals surface area (Å²) >= 11 is 0. The molecule has 0 amide bonds. The molecule has 0 aliphatic heterocycles. The van der Waals surface area contributed by atoms with Crippen molar-refractivity contribution in [2.75, 3.05) is 0 Å². The molecule has 0 atom stereocenters. The third-order valence-electron chi connectivity index (χ3n) is 3.74. The highest BCUT2D eigenvalue weighted by Gasteiger charge is 2.15. The lowest BCUT2D eigenvalue weighted by Gasteiger charge is -2.21. The molecule has 2 N–H and O–H groups in total. The summed E-state index contributed by atoms with van der Waals surface area (Å²) in [4.78, 5) is 35.8. The molecule has 0 saturated heterocycles. The van der Waals surface area contributed by atoms with Crippen LogP contribution in [0.3, 0.4) is 0 Å². The van der Waals surface area contributed by atoms with Crippen molar-refractivity contribution in [1.82, 2.24) is 9.55 Å². The first-order chi connectivity index (χ1) is 9.08. The summed E-state index contributed by atoms with van der Waals surface area (Å²) in [5.74, 6) is -0.714. The van der Waals surface area contributed by atoms with Crippen LogP contribution in [0.4, 0.5) is 0 Å². The van der Waals surface area contributed by atoms with Crippen LogP contribution in [0.25, 0.3) is 0 Å². The average molecular weight is 266 g/mol. The van der Waals surface area contributed by atoms with Crippen LogP contribution < -0.4 is 11.2 Å². The van der Waals surface area contributed by atoms with E-state index in [0.29, 0.717) is 12.5 Å². The number of hydrogen-bond donors (Lipinski definition) is 2. The number of hydrogen-bond acceptors (Lipinski definition) is 3. The summed E-state index contributed by atoms with van der Waals surface area (Å²) in [6.07, 6.45) is 8.07. The maximum atomic E-state index is 11.6. The van der Waals surface area contributed by atoms with E-state index in [-0.39, 0.29) is 5.56 Å². The zero-order valence-electron chi connectivity index (χ0n) is 10.7. The van der Waals surface area contributed by atoms with Crippen LogP contribution in [0.15, 0.2) is 15.8 Å². The third-order valence-corrected chi connectivity index (χ3v) is 3.74. The first kappa shape index (κ1) is 13.6. The molecule has 6 nitrogen and oxygen atoms in total. The smallest absolute Gasteiger partial charge is 0.342 e. The number of H-pyrrole nitrogens is 1. The number of carbonyl (C=O) groups is 1. The molecule has 0 radical (unpaired) electrons. The summed E-state index contributed by atoms with van der Waals surface area (Å²) in [5, 5.41) is 8.86. The molecule has 1 fully saturated rings. The van der Waals surface area contributed by atoms with E-state index >= 15 is 0 Å². The van der Waals surface area contributed by atoms with E-state index in [1.165, 1.54) is 36.7 Å². The minimum atomic E-state index is -1.31. The number of aryl methyl sites for hydroxylation is 1. The highest BCUT2D eigenvalue weighted by atomic mass is 16.4. The quantitative estimate of drug-likeness (QED) is 0.856. The Morgan fingerprint density at radius 1 is 1.32 bits per heavy atom. The molecule has 2 rings (SSSR count). The van der Waals surface area contributed by atoms with Gasteiger partial charge in [-0.25, -0.2) is 9.59 Å². The Bertz CT molecular complexity index is 567. The van der Waals surface area contributed by atoms with Crippen molar-refractivity contribution in [3.8, 4) is 0 Å². The monoisotopic (exact) mass is 266 g/mol. The highest BCUT2D eigenvalue weighted by Crippen LogP contribution is 2.26. The van der Waals surface area contributed by atoms with Crippen LogP contribution in [-0.4, -0.2) is 20.6 Å². The predicted molar refractivity (Wildman–Crippen MR) is 69.5 cm³/mol. The summed E-state index contributed by atoms with van der Waals surface area (Å²) < 4.78 is 1.29. The lowest BCUT2D eigenvalue weighted by molar-refractivity contribution is 0.0693. The zero-order chi connectivity index (χ0) is 13.8. The molecule has 0 spiro atoms. The predicted octanol–water partition coefficient (Wildman–Crippen LogP) is 1.21. The average Bonchev–Trinajstić information content (AvgIpc) is 2.38. The fourth-order valence-electron chi connectivity index (χ4n) is 2.63. The molecule has 6 heteroatoms. The van der Waals surface area contributed by atoms with Crippen molar-refractivity contribution in [3.05, 3.63) is 32.6 Å². The van der Waals surface area contributed by atoms with Crippen molar-refractivity contribution in [2.24, 2.45) is 5.92 Å². The van der Waals surface area contributed by atoms with Crippen molar-refractivity contribution in [1.29, 1.82) is 0 Å². The molecule has 19 heavy (non-hydrogen) atoms. The van der Waals surface area contributed by atoms with Gasteiger partial charge in [0, 0.05) is 12.7 Å². The van der Waals surface area contributed by atoms with Crippen LogP contribution in [0.2, 0.25) is 0 Å². The number of nitrogens with zero attached hydrogens (tertiary/aromatic N) is 1. The van der Waals surface area contributed by atoms with Crippen molar-refractivity contribution in [3.63, 3.8) is 0 Å². The molecular formula is C13H18N2O4. The van der Waals surface area contributed by atoms with E-state index in [1.54, 1.807) is 0 Å². The van der Waals surface area contributed by atoms with Crippen molar-refractivity contribution < 1.29 is 9.90 Å². The maximum absolute atomic E-state index is 11.6. The topological polar surface area (TPSA) is 92.2 Å². The van der Waals surface area contributed by atoms with Gasteiger partial charge in [-0.1, -0.05) is 32.1 Å². The molecule has 1 saturated carbocycles. The van der Waals surface area contributed by atoms with E-state index in [4.69, 9.17) is 5.11 Å². The minimum absolute atomic E-state index is 0.386. The van der Waals surface area contributed by atoms with Gasteiger partial charge in [0.15, 0.2) is 0 Å². The fraction of sp³-hybridized carbons (Fsp3) is 0.615. The molecule has 1 heterocycles. The van der Waals surface area contributed by atoms with Gasteiger partial charge in [-0.15, -0.1) is 0 Å². The standard InChI is InChI=1S/C13H18N2O4/c16-11-10(12(17)18)8-15(13(19)14-11)7-6-9-4-2-1-3-5-9/h8-9H,1-7H2,(H,17,18)(H,14,16,19). The van der Waals surface area contributed by atoms with E-state index in [9.17, 15) is 14.4 Å². The molecule has 1 aromatic heterocycles. The van der Waals surface area contributed by atoms with Crippen molar-refractivity contribution >= 4 is 5.97 Å². The first-order valence-corrected chi connectivity index (χ1v) is 6.65. The number of aromatic carboxylic acids is 1. The summed E-state index contributed by atoms with van der Waals surface area (Å²) in [7, 11) is 0. The largest absolute Gasteiger partial charge is 0.477 e. The van der Waals surface area contributed by atoms with Crippen LogP contribution >= 0.6 is 0 Å². The van der Waals surface area contributed by atoms with E-state index in [2.05, 4.69) is 0 Å². The number of nitrogens with one attached hydrogen (secondary N) is 1. The number of aromatic nitrogens is 2. The molecule has 1 aliphatic carbocycles. The molecule has 0 aromatic carbocycles. The van der Waals surface area contributed by atoms with E-state index < -0.39 is 17.2 Å². The fourth-order valence-corrected chi connectivity index (χ4v) is 2.63. The van der Waals surface area contributed by atoms with Gasteiger partial charge in [0.05, 0.1) is 0 Å². The lowest BCUT2D eigenvalue weighted by Crippen LogP contribution is -2.33. The van der Waals surface area contributed by atoms with Crippen LogP contribution in [0, 0.1) is 5.92 Å². The molecule has 0 bridgehead atoms. The number of rotatable bonds is 4. The summed E-state index contributed by atoms with van der Waals surface area (Å²) in [5.41, 5.74) is -1.76. The number of carboxylic acid groups (broad SMARTS) is 1. The van der Waals surface area contributed by atoms with Gasteiger partial charge >= 0.3 is 11.7 Å². The second-order valence-electron chi connectivity index (χ2n) is 5.09. The minimum Gasteiger partial charge on any atom is -0.477 e. The second kappa shape index (κ2) is 5.86. The molecular weight excluding hydrogens is 248 g/mol. The van der Waals surface area contributed by atoms with E-state index in [0.717, 1.165) is 12.6 Å². The Balaban J connectivity index is 2.11. The lowest BCUT2D eigenvalue weighted by atomic mass is 9.87. The molecule has 1 aromatic rings. The Hall–Kier alpha value is -1.85. The van der Waals surface area contributed by atoms with Gasteiger partial charge < -0.3 is 5.11 Å². The van der Waals surface area contributed by atoms with Crippen LogP contribution in [0.5, 0.6) is 0 Å². The number of aromatic amines is 1. The SMILES string of the molecule is O=C(O)c1cn(CCC2CCCCC2)c(=O)[nH]c1=O. The van der Waals surface area contributed by atoms with E-state index in [1.807, 2.05) is 4.98 Å². The summed E-state index contributed by atoms with van der Waals surface area (Å²) in [6, 6.07) is 0. The molecule has 0 unspecified atom stereocenters. The first-order valence-electron chi connectivity index (χ1n) is 6.65. The van der Waals surface area contributed by atoms with Gasteiger partial charge in [-0.2, -0.15) is 0 Å². The second-order valence-corrected chi connectivity index (χ2v) is 5.09.